The molecule has 0 fully saturated rings. The number of nitrogens with one attached hydrogen (secondary N) is 1. The van der Waals surface area contributed by atoms with Crippen LogP contribution in [0.25, 0.3) is 5.69 Å². The topological polar surface area (TPSA) is 43.0 Å². The van der Waals surface area contributed by atoms with E-state index in [2.05, 4.69) is 54.4 Å². The van der Waals surface area contributed by atoms with Crippen molar-refractivity contribution in [1.82, 2.24) is 15.1 Å². The first-order valence-corrected chi connectivity index (χ1v) is 8.05. The summed E-state index contributed by atoms with van der Waals surface area (Å²) < 4.78 is 9.06. The Labute approximate surface area is 139 Å². The number of nitrogens with zero attached hydrogens (tertiary/aromatic N) is 2. The van der Waals surface area contributed by atoms with Crippen LogP contribution >= 0.6 is 31.9 Å². The number of benzene rings is 1. The lowest BCUT2D eigenvalue weighted by Gasteiger charge is -2.10. The maximum Gasteiger partial charge on any atom is 0.183 e. The van der Waals surface area contributed by atoms with E-state index in [1.54, 1.807) is 6.20 Å². The van der Waals surface area contributed by atoms with Crippen molar-refractivity contribution >= 4 is 31.9 Å². The number of hydrogen-bond acceptors (Lipinski definition) is 3. The summed E-state index contributed by atoms with van der Waals surface area (Å²) in [6.45, 7) is 1.41. The van der Waals surface area contributed by atoms with Gasteiger partial charge in [0.15, 0.2) is 4.67 Å². The normalized spacial score (nSPS) is 11.0. The minimum absolute atomic E-state index is 0.664. The molecule has 2 heterocycles. The van der Waals surface area contributed by atoms with Crippen LogP contribution in [-0.4, -0.2) is 9.78 Å². The zero-order valence-corrected chi connectivity index (χ0v) is 14.3. The zero-order valence-electron chi connectivity index (χ0n) is 11.1. The van der Waals surface area contributed by atoms with E-state index < -0.39 is 0 Å². The molecule has 3 aromatic rings. The number of furan rings is 1. The minimum Gasteiger partial charge on any atom is -0.452 e. The lowest BCUT2D eigenvalue weighted by atomic mass is 10.2. The molecule has 108 valence electrons. The molecule has 0 unspecified atom stereocenters. The summed E-state index contributed by atoms with van der Waals surface area (Å²) >= 11 is 6.75. The Kier molecular flexibility index (Phi) is 4.57. The molecular formula is C15H13Br2N3O. The van der Waals surface area contributed by atoms with Crippen molar-refractivity contribution in [3.05, 3.63) is 69.3 Å². The van der Waals surface area contributed by atoms with Gasteiger partial charge in [0.1, 0.15) is 5.76 Å². The van der Waals surface area contributed by atoms with Crippen LogP contribution in [0.5, 0.6) is 0 Å². The average Bonchev–Trinajstić information content (AvgIpc) is 3.11. The Morgan fingerprint density at radius 1 is 1.14 bits per heavy atom. The van der Waals surface area contributed by atoms with Gasteiger partial charge in [0.2, 0.25) is 0 Å². The second kappa shape index (κ2) is 6.60. The highest BCUT2D eigenvalue weighted by atomic mass is 79.9. The smallest absolute Gasteiger partial charge is 0.183 e. The van der Waals surface area contributed by atoms with Crippen molar-refractivity contribution in [3.8, 4) is 5.69 Å². The van der Waals surface area contributed by atoms with E-state index in [0.717, 1.165) is 27.1 Å². The molecule has 0 saturated carbocycles. The average molecular weight is 411 g/mol. The molecule has 1 N–H and O–H groups in total. The highest BCUT2D eigenvalue weighted by Gasteiger charge is 2.07. The lowest BCUT2D eigenvalue weighted by Crippen LogP contribution is -2.14. The third kappa shape index (κ3) is 3.45. The van der Waals surface area contributed by atoms with Crippen LogP contribution in [0.1, 0.15) is 11.3 Å². The summed E-state index contributed by atoms with van der Waals surface area (Å²) in [6, 6.07) is 12.1. The maximum atomic E-state index is 5.54. The van der Waals surface area contributed by atoms with Crippen molar-refractivity contribution in [2.45, 2.75) is 13.1 Å². The van der Waals surface area contributed by atoms with Crippen molar-refractivity contribution in [3.63, 3.8) is 0 Å². The molecular weight excluding hydrogens is 398 g/mol. The van der Waals surface area contributed by atoms with E-state index in [0.29, 0.717) is 6.54 Å². The van der Waals surface area contributed by atoms with Crippen LogP contribution in [0, 0.1) is 0 Å². The van der Waals surface area contributed by atoms with Gasteiger partial charge in [-0.3, -0.25) is 0 Å². The molecule has 0 spiro atoms. The van der Waals surface area contributed by atoms with Crippen molar-refractivity contribution < 1.29 is 4.42 Å². The third-order valence-corrected chi connectivity index (χ3v) is 4.76. The maximum absolute atomic E-state index is 5.54. The van der Waals surface area contributed by atoms with E-state index in [1.807, 2.05) is 35.1 Å². The SMILES string of the molecule is Brc1cc(CNCc2ccccc2-n2cccn2)oc1Br. The monoisotopic (exact) mass is 409 g/mol. The van der Waals surface area contributed by atoms with E-state index in [4.69, 9.17) is 4.42 Å². The van der Waals surface area contributed by atoms with Crippen LogP contribution in [0.3, 0.4) is 0 Å². The molecule has 0 saturated heterocycles. The van der Waals surface area contributed by atoms with Crippen LogP contribution in [0.4, 0.5) is 0 Å². The molecule has 1 aromatic carbocycles. The fourth-order valence-electron chi connectivity index (χ4n) is 2.09. The Morgan fingerprint density at radius 2 is 2.00 bits per heavy atom. The fourth-order valence-corrected chi connectivity index (χ4v) is 2.75. The summed E-state index contributed by atoms with van der Waals surface area (Å²) in [6.07, 6.45) is 3.72. The van der Waals surface area contributed by atoms with Gasteiger partial charge >= 0.3 is 0 Å². The van der Waals surface area contributed by atoms with Crippen LogP contribution in [0.15, 0.2) is 62.4 Å². The number of hydrogen-bond donors (Lipinski definition) is 1. The molecule has 21 heavy (non-hydrogen) atoms. The molecule has 0 atom stereocenters. The summed E-state index contributed by atoms with van der Waals surface area (Å²) in [5.41, 5.74) is 2.27. The molecule has 0 aliphatic rings. The second-order valence-electron chi connectivity index (χ2n) is 4.52. The fraction of sp³-hybridized carbons (Fsp3) is 0.133. The zero-order chi connectivity index (χ0) is 14.7. The van der Waals surface area contributed by atoms with Gasteiger partial charge in [0.05, 0.1) is 16.7 Å². The molecule has 0 aliphatic heterocycles. The summed E-state index contributed by atoms with van der Waals surface area (Å²) in [4.78, 5) is 0. The number of aromatic nitrogens is 2. The minimum atomic E-state index is 0.664. The van der Waals surface area contributed by atoms with Gasteiger partial charge in [-0.05, 0) is 55.6 Å². The highest BCUT2D eigenvalue weighted by Crippen LogP contribution is 2.26. The second-order valence-corrected chi connectivity index (χ2v) is 6.09. The predicted molar refractivity (Wildman–Crippen MR) is 88.2 cm³/mol. The van der Waals surface area contributed by atoms with Crippen LogP contribution < -0.4 is 5.32 Å². The Balaban J connectivity index is 1.68. The van der Waals surface area contributed by atoms with E-state index >= 15 is 0 Å². The van der Waals surface area contributed by atoms with Crippen molar-refractivity contribution in [2.75, 3.05) is 0 Å². The Bertz CT molecular complexity index is 703. The van der Waals surface area contributed by atoms with Gasteiger partial charge in [-0.25, -0.2) is 4.68 Å². The molecule has 0 aliphatic carbocycles. The standard InChI is InChI=1S/C15H13Br2N3O/c16-13-8-12(21-15(13)17)10-18-9-11-4-1-2-5-14(11)20-7-3-6-19-20/h1-8,18H,9-10H2. The number of rotatable bonds is 5. The molecule has 0 radical (unpaired) electrons. The molecule has 4 nitrogen and oxygen atoms in total. The number of halogens is 2. The van der Waals surface area contributed by atoms with Crippen LogP contribution in [0.2, 0.25) is 0 Å². The first-order chi connectivity index (χ1) is 10.2. The Hall–Kier alpha value is -1.37. The molecule has 3 rings (SSSR count). The van der Waals surface area contributed by atoms with Gasteiger partial charge in [-0.15, -0.1) is 0 Å². The van der Waals surface area contributed by atoms with Gasteiger partial charge in [0, 0.05) is 18.9 Å². The summed E-state index contributed by atoms with van der Waals surface area (Å²) in [7, 11) is 0. The van der Waals surface area contributed by atoms with Gasteiger partial charge in [-0.1, -0.05) is 18.2 Å². The van der Waals surface area contributed by atoms with Crippen molar-refractivity contribution in [2.24, 2.45) is 0 Å². The van der Waals surface area contributed by atoms with Gasteiger partial charge in [-0.2, -0.15) is 5.10 Å². The molecule has 6 heteroatoms. The first kappa shape index (κ1) is 14.6. The van der Waals surface area contributed by atoms with Crippen LogP contribution in [-0.2, 0) is 13.1 Å². The molecule has 2 aromatic heterocycles. The summed E-state index contributed by atoms with van der Waals surface area (Å²) in [5, 5.41) is 7.67. The quantitative estimate of drug-likeness (QED) is 0.682. The van der Waals surface area contributed by atoms with Crippen molar-refractivity contribution in [1.29, 1.82) is 0 Å². The summed E-state index contributed by atoms with van der Waals surface area (Å²) in [5.74, 6) is 0.880. The number of para-hydroxylation sites is 1. The van der Waals surface area contributed by atoms with E-state index in [-0.39, 0.29) is 0 Å². The van der Waals surface area contributed by atoms with E-state index in [9.17, 15) is 0 Å². The lowest BCUT2D eigenvalue weighted by molar-refractivity contribution is 0.464. The van der Waals surface area contributed by atoms with Gasteiger partial charge in [0.25, 0.3) is 0 Å². The molecule has 0 bridgehead atoms. The van der Waals surface area contributed by atoms with E-state index in [1.165, 1.54) is 5.56 Å². The third-order valence-electron chi connectivity index (χ3n) is 3.05. The predicted octanol–water partition coefficient (Wildman–Crippen LogP) is 4.28. The largest absolute Gasteiger partial charge is 0.452 e. The first-order valence-electron chi connectivity index (χ1n) is 6.46. The molecule has 0 amide bonds. The highest BCUT2D eigenvalue weighted by molar-refractivity contribution is 9.13. The van der Waals surface area contributed by atoms with Gasteiger partial charge < -0.3 is 9.73 Å². The Morgan fingerprint density at radius 3 is 2.71 bits per heavy atom.